The molecule has 58 valence electrons. The smallest absolute Gasteiger partial charge is 0.795 e. The molecule has 0 aliphatic heterocycles. The third-order valence-electron chi connectivity index (χ3n) is 0.442. The fourth-order valence-corrected chi connectivity index (χ4v) is 0.518. The molecule has 0 aromatic rings. The molecule has 0 fully saturated rings. The van der Waals surface area contributed by atoms with Crippen molar-refractivity contribution in [2.75, 3.05) is 6.66 Å². The summed E-state index contributed by atoms with van der Waals surface area (Å²) in [6.45, 7) is 1.04. The maximum Gasteiger partial charge on any atom is 1.00 e. The molecule has 0 aromatic carbocycles. The van der Waals surface area contributed by atoms with Crippen LogP contribution < -0.4 is 45.6 Å². The van der Waals surface area contributed by atoms with Crippen LogP contribution in [0, 0.1) is 0 Å². The number of thiocarbonyl (C=S) groups is 1. The van der Waals surface area contributed by atoms with Crippen LogP contribution in [0.1, 0.15) is 0 Å². The number of hydrogen-bond donors (Lipinski definition) is 2. The van der Waals surface area contributed by atoms with Gasteiger partial charge >= 0.3 is 29.6 Å². The summed E-state index contributed by atoms with van der Waals surface area (Å²) in [5, 5.41) is 3.16. The zero-order chi connectivity index (χ0) is 8.20. The van der Waals surface area contributed by atoms with E-state index in [4.69, 9.17) is 5.73 Å². The second-order valence-electron chi connectivity index (χ2n) is 1.63. The first-order valence-electron chi connectivity index (χ1n) is 2.30. The molecule has 1 atom stereocenters. The standard InChI is InChI=1S/C3H8N3O2PS.Na/c1-9(7,8)2-5-6-3(4)10;/h2H,1H3,(H,7,8)(H3,4,6,10);/q;+1/p-1. The zero-order valence-corrected chi connectivity index (χ0v) is 9.98. The van der Waals surface area contributed by atoms with Gasteiger partial charge in [-0.2, -0.15) is 5.10 Å². The van der Waals surface area contributed by atoms with E-state index < -0.39 is 7.37 Å². The third kappa shape index (κ3) is 13.5. The number of nitrogens with two attached hydrogens (primary N) is 1. The molecule has 0 saturated carbocycles. The number of hydrazone groups is 1. The Bertz CT molecular complexity index is 203. The van der Waals surface area contributed by atoms with Crippen molar-refractivity contribution in [1.82, 2.24) is 5.43 Å². The van der Waals surface area contributed by atoms with Crippen LogP contribution in [0.25, 0.3) is 0 Å². The largest absolute Gasteiger partial charge is 1.00 e. The SMILES string of the molecule is CP(=O)([O-])C=NNC(N)=S.[Na+]. The first-order chi connectivity index (χ1) is 4.42. The average Bonchev–Trinajstić information content (AvgIpc) is 1.59. The molecule has 8 heteroatoms. The minimum absolute atomic E-state index is 0. The maximum absolute atomic E-state index is 10.4. The molecule has 5 nitrogen and oxygen atoms in total. The van der Waals surface area contributed by atoms with E-state index in [9.17, 15) is 9.46 Å². The molecule has 0 aliphatic rings. The molecule has 1 unspecified atom stereocenters. The summed E-state index contributed by atoms with van der Waals surface area (Å²) in [5.41, 5.74) is 7.05. The summed E-state index contributed by atoms with van der Waals surface area (Å²) in [5.74, 6) is 0.756. The summed E-state index contributed by atoms with van der Waals surface area (Å²) in [4.78, 5) is 10.4. The van der Waals surface area contributed by atoms with Crippen LogP contribution in [0.4, 0.5) is 0 Å². The molecule has 0 bridgehead atoms. The van der Waals surface area contributed by atoms with E-state index in [0.717, 1.165) is 12.6 Å². The van der Waals surface area contributed by atoms with Gasteiger partial charge in [0.05, 0.1) is 13.3 Å². The molecule has 0 aromatic heterocycles. The van der Waals surface area contributed by atoms with Gasteiger partial charge in [0.25, 0.3) is 0 Å². The Morgan fingerprint density at radius 2 is 2.36 bits per heavy atom. The summed E-state index contributed by atoms with van der Waals surface area (Å²) in [6, 6.07) is 0. The second kappa shape index (κ2) is 6.11. The van der Waals surface area contributed by atoms with Crippen LogP contribution in [-0.4, -0.2) is 17.7 Å². The summed E-state index contributed by atoms with van der Waals surface area (Å²) < 4.78 is 10.4. The molecule has 0 spiro atoms. The topological polar surface area (TPSA) is 90.5 Å². The number of rotatable bonds is 2. The van der Waals surface area contributed by atoms with Crippen LogP contribution >= 0.6 is 19.6 Å². The van der Waals surface area contributed by atoms with Crippen LogP contribution in [0.3, 0.4) is 0 Å². The molecule has 11 heavy (non-hydrogen) atoms. The predicted molar refractivity (Wildman–Crippen MR) is 41.9 cm³/mol. The van der Waals surface area contributed by atoms with E-state index in [1.165, 1.54) is 0 Å². The minimum atomic E-state index is -3.44. The van der Waals surface area contributed by atoms with Crippen molar-refractivity contribution in [1.29, 1.82) is 0 Å². The van der Waals surface area contributed by atoms with E-state index in [1.54, 1.807) is 0 Å². The molecular weight excluding hydrogens is 196 g/mol. The van der Waals surface area contributed by atoms with E-state index in [1.807, 2.05) is 0 Å². The first kappa shape index (κ1) is 14.1. The van der Waals surface area contributed by atoms with E-state index in [2.05, 4.69) is 22.7 Å². The third-order valence-corrected chi connectivity index (χ3v) is 1.07. The summed E-state index contributed by atoms with van der Waals surface area (Å²) in [6.07, 6.45) is 0. The fraction of sp³-hybridized carbons (Fsp3) is 0.333. The Morgan fingerprint density at radius 1 is 1.91 bits per heavy atom. The Labute approximate surface area is 92.2 Å². The van der Waals surface area contributed by atoms with Crippen LogP contribution in [-0.2, 0) is 4.57 Å². The Kier molecular flexibility index (Phi) is 7.83. The molecule has 0 amide bonds. The van der Waals surface area contributed by atoms with Gasteiger partial charge in [0, 0.05) is 0 Å². The first-order valence-corrected chi connectivity index (χ1v) is 4.84. The number of nitrogens with one attached hydrogen (secondary N) is 1. The van der Waals surface area contributed by atoms with E-state index in [0.29, 0.717) is 0 Å². The summed E-state index contributed by atoms with van der Waals surface area (Å²) >= 11 is 4.35. The molecule has 0 saturated heterocycles. The van der Waals surface area contributed by atoms with Gasteiger partial charge in [-0.05, 0) is 18.9 Å². The predicted octanol–water partition coefficient (Wildman–Crippen LogP) is -3.96. The number of hydrogen-bond acceptors (Lipinski definition) is 4. The Balaban J connectivity index is 0. The molecule has 3 N–H and O–H groups in total. The van der Waals surface area contributed by atoms with Crippen molar-refractivity contribution in [3.05, 3.63) is 0 Å². The second-order valence-corrected chi connectivity index (χ2v) is 4.12. The van der Waals surface area contributed by atoms with Crippen LogP contribution in [0.15, 0.2) is 5.10 Å². The monoisotopic (exact) mass is 203 g/mol. The minimum Gasteiger partial charge on any atom is -0.795 e. The molecule has 0 rings (SSSR count). The molecule has 0 aliphatic carbocycles. The quantitative estimate of drug-likeness (QED) is 0.157. The average molecular weight is 203 g/mol. The van der Waals surface area contributed by atoms with E-state index >= 15 is 0 Å². The van der Waals surface area contributed by atoms with Gasteiger partial charge in [-0.15, -0.1) is 0 Å². The van der Waals surface area contributed by atoms with Crippen LogP contribution in [0.2, 0.25) is 0 Å². The van der Waals surface area contributed by atoms with Crippen molar-refractivity contribution < 1.29 is 39.0 Å². The van der Waals surface area contributed by atoms with Crippen molar-refractivity contribution in [3.63, 3.8) is 0 Å². The van der Waals surface area contributed by atoms with Crippen molar-refractivity contribution in [2.45, 2.75) is 0 Å². The van der Waals surface area contributed by atoms with Gasteiger partial charge in [-0.25, -0.2) is 0 Å². The fourth-order valence-electron chi connectivity index (χ4n) is 0.197. The van der Waals surface area contributed by atoms with Gasteiger partial charge in [0.2, 0.25) is 0 Å². The zero-order valence-electron chi connectivity index (χ0n) is 6.27. The van der Waals surface area contributed by atoms with Crippen molar-refractivity contribution in [3.8, 4) is 0 Å². The van der Waals surface area contributed by atoms with Gasteiger partial charge in [-0.1, -0.05) is 0 Å². The van der Waals surface area contributed by atoms with E-state index in [-0.39, 0.29) is 34.7 Å². The molecule has 0 heterocycles. The summed E-state index contributed by atoms with van der Waals surface area (Å²) in [7, 11) is -3.44. The Hall–Kier alpha value is 0.550. The maximum atomic E-state index is 10.4. The van der Waals surface area contributed by atoms with Gasteiger partial charge in [0.1, 0.15) is 0 Å². The van der Waals surface area contributed by atoms with Gasteiger partial charge in [0.15, 0.2) is 5.11 Å². The van der Waals surface area contributed by atoms with Crippen LogP contribution in [0.5, 0.6) is 0 Å². The Morgan fingerprint density at radius 3 is 2.64 bits per heavy atom. The van der Waals surface area contributed by atoms with Crippen molar-refractivity contribution >= 4 is 30.7 Å². The number of nitrogens with zero attached hydrogens (tertiary/aromatic N) is 1. The molecular formula is C3H7N3NaO2PS. The van der Waals surface area contributed by atoms with Gasteiger partial charge in [-0.3, -0.25) is 5.43 Å². The normalized spacial score (nSPS) is 15.1. The van der Waals surface area contributed by atoms with Gasteiger partial charge < -0.3 is 15.2 Å². The molecule has 0 radical (unpaired) electrons. The van der Waals surface area contributed by atoms with Crippen molar-refractivity contribution in [2.24, 2.45) is 10.8 Å².